The lowest BCUT2D eigenvalue weighted by molar-refractivity contribution is 1.13. The van der Waals surface area contributed by atoms with Gasteiger partial charge in [0.1, 0.15) is 0 Å². The monoisotopic (exact) mass is 419 g/mol. The van der Waals surface area contributed by atoms with Crippen LogP contribution in [0, 0.1) is 0 Å². The Bertz CT molecular complexity index is 1250. The van der Waals surface area contributed by atoms with Gasteiger partial charge in [-0.05, 0) is 59.2 Å². The van der Waals surface area contributed by atoms with E-state index in [1.54, 1.807) is 0 Å². The number of benzene rings is 3. The first-order chi connectivity index (χ1) is 15.5. The van der Waals surface area contributed by atoms with E-state index in [4.69, 9.17) is 4.98 Å². The minimum atomic E-state index is 0.947. The van der Waals surface area contributed by atoms with Gasteiger partial charge in [0.25, 0.3) is 0 Å². The molecule has 3 nitrogen and oxygen atoms in total. The minimum absolute atomic E-state index is 0.947. The number of nitrogens with zero attached hydrogens (tertiary/aromatic N) is 3. The minimum Gasteiger partial charge on any atom is -0.378 e. The van der Waals surface area contributed by atoms with Gasteiger partial charge in [0.15, 0.2) is 0 Å². The predicted molar refractivity (Wildman–Crippen MR) is 141 cm³/mol. The Morgan fingerprint density at radius 2 is 1.12 bits per heavy atom. The normalized spacial score (nSPS) is 11.5. The van der Waals surface area contributed by atoms with Crippen molar-refractivity contribution >= 4 is 46.6 Å². The van der Waals surface area contributed by atoms with Crippen molar-refractivity contribution in [3.8, 4) is 0 Å². The molecule has 1 heterocycles. The SMILES string of the molecule is CN(C)c1ccc(C=Cc2cc(/C=C/c3ccc(N(C)C)cc3)nc3ccccc23)cc1. The Hall–Kier alpha value is -3.85. The summed E-state index contributed by atoms with van der Waals surface area (Å²) in [5.41, 5.74) is 7.83. The third kappa shape index (κ3) is 5.06. The Morgan fingerprint density at radius 1 is 0.594 bits per heavy atom. The summed E-state index contributed by atoms with van der Waals surface area (Å²) in [6, 6.07) is 27.5. The van der Waals surface area contributed by atoms with E-state index in [2.05, 4.69) is 135 Å². The van der Waals surface area contributed by atoms with Gasteiger partial charge in [0, 0.05) is 45.0 Å². The number of rotatable bonds is 6. The van der Waals surface area contributed by atoms with E-state index in [-0.39, 0.29) is 0 Å². The molecule has 4 aromatic rings. The number of aromatic nitrogens is 1. The van der Waals surface area contributed by atoms with Gasteiger partial charge in [-0.2, -0.15) is 0 Å². The molecule has 0 bridgehead atoms. The molecule has 32 heavy (non-hydrogen) atoms. The van der Waals surface area contributed by atoms with Gasteiger partial charge in [0.2, 0.25) is 0 Å². The number of fused-ring (bicyclic) bond motifs is 1. The van der Waals surface area contributed by atoms with Crippen LogP contribution in [0.3, 0.4) is 0 Å². The molecule has 0 aliphatic carbocycles. The maximum atomic E-state index is 4.85. The molecule has 0 aliphatic heterocycles. The molecular weight excluding hydrogens is 390 g/mol. The van der Waals surface area contributed by atoms with E-state index in [0.29, 0.717) is 0 Å². The van der Waals surface area contributed by atoms with E-state index in [0.717, 1.165) is 27.7 Å². The zero-order chi connectivity index (χ0) is 22.5. The second-order valence-corrected chi connectivity index (χ2v) is 8.29. The first-order valence-electron chi connectivity index (χ1n) is 10.8. The zero-order valence-electron chi connectivity index (χ0n) is 19.2. The van der Waals surface area contributed by atoms with E-state index < -0.39 is 0 Å². The van der Waals surface area contributed by atoms with Crippen molar-refractivity contribution in [1.29, 1.82) is 0 Å². The van der Waals surface area contributed by atoms with Crippen LogP contribution in [0.5, 0.6) is 0 Å². The molecule has 1 aromatic heterocycles. The quantitative estimate of drug-likeness (QED) is 0.346. The second kappa shape index (κ2) is 9.52. The van der Waals surface area contributed by atoms with Crippen molar-refractivity contribution in [3.05, 3.63) is 101 Å². The molecule has 0 unspecified atom stereocenters. The lowest BCUT2D eigenvalue weighted by Crippen LogP contribution is -2.07. The van der Waals surface area contributed by atoms with Gasteiger partial charge in [-0.25, -0.2) is 4.98 Å². The van der Waals surface area contributed by atoms with Gasteiger partial charge < -0.3 is 9.80 Å². The fraction of sp³-hybridized carbons (Fsp3) is 0.138. The van der Waals surface area contributed by atoms with Gasteiger partial charge >= 0.3 is 0 Å². The summed E-state index contributed by atoms with van der Waals surface area (Å²) < 4.78 is 0. The van der Waals surface area contributed by atoms with Crippen molar-refractivity contribution in [1.82, 2.24) is 4.98 Å². The highest BCUT2D eigenvalue weighted by Crippen LogP contribution is 2.23. The van der Waals surface area contributed by atoms with Crippen LogP contribution in [0.1, 0.15) is 22.4 Å². The van der Waals surface area contributed by atoms with Crippen LogP contribution >= 0.6 is 0 Å². The Kier molecular flexibility index (Phi) is 6.37. The molecule has 160 valence electrons. The number of hydrogen-bond acceptors (Lipinski definition) is 3. The fourth-order valence-corrected chi connectivity index (χ4v) is 3.58. The molecule has 3 aromatic carbocycles. The van der Waals surface area contributed by atoms with Crippen LogP contribution in [-0.2, 0) is 0 Å². The van der Waals surface area contributed by atoms with Gasteiger partial charge in [0.05, 0.1) is 11.2 Å². The molecule has 0 spiro atoms. The summed E-state index contributed by atoms with van der Waals surface area (Å²) in [5.74, 6) is 0. The van der Waals surface area contributed by atoms with Crippen molar-refractivity contribution < 1.29 is 0 Å². The third-order valence-corrected chi connectivity index (χ3v) is 5.49. The first kappa shape index (κ1) is 21.4. The lowest BCUT2D eigenvalue weighted by atomic mass is 10.0. The molecular formula is C29H29N3. The van der Waals surface area contributed by atoms with Crippen molar-refractivity contribution in [2.45, 2.75) is 0 Å². The number of anilines is 2. The van der Waals surface area contributed by atoms with E-state index in [1.165, 1.54) is 16.9 Å². The Balaban J connectivity index is 1.63. The number of hydrogen-bond donors (Lipinski definition) is 0. The highest BCUT2D eigenvalue weighted by molar-refractivity contribution is 5.92. The van der Waals surface area contributed by atoms with Gasteiger partial charge in [-0.1, -0.05) is 60.7 Å². The predicted octanol–water partition coefficient (Wildman–Crippen LogP) is 6.71. The first-order valence-corrected chi connectivity index (χ1v) is 10.8. The van der Waals surface area contributed by atoms with Crippen molar-refractivity contribution in [2.24, 2.45) is 0 Å². The zero-order valence-corrected chi connectivity index (χ0v) is 19.2. The summed E-state index contributed by atoms with van der Waals surface area (Å²) in [5, 5.41) is 1.15. The third-order valence-electron chi connectivity index (χ3n) is 5.49. The standard InChI is InChI=1S/C29H29N3/c1-31(2)26-17-11-22(12-18-26)9-15-24-21-25(30-29-8-6-5-7-28(24)29)16-10-23-13-19-27(20-14-23)32(3)4/h5-21H,1-4H3/b15-9?,16-10+. The molecule has 3 heteroatoms. The Morgan fingerprint density at radius 3 is 1.69 bits per heavy atom. The van der Waals surface area contributed by atoms with Gasteiger partial charge in [-0.15, -0.1) is 0 Å². The maximum Gasteiger partial charge on any atom is 0.0715 e. The summed E-state index contributed by atoms with van der Waals surface area (Å²) in [6.45, 7) is 0. The van der Waals surface area contributed by atoms with Crippen LogP contribution in [0.2, 0.25) is 0 Å². The molecule has 4 rings (SSSR count). The van der Waals surface area contributed by atoms with Crippen molar-refractivity contribution in [3.63, 3.8) is 0 Å². The number of para-hydroxylation sites is 1. The maximum absolute atomic E-state index is 4.85. The lowest BCUT2D eigenvalue weighted by Gasteiger charge is -2.12. The topological polar surface area (TPSA) is 19.4 Å². The number of pyridine rings is 1. The van der Waals surface area contributed by atoms with E-state index >= 15 is 0 Å². The average molecular weight is 420 g/mol. The largest absolute Gasteiger partial charge is 0.378 e. The summed E-state index contributed by atoms with van der Waals surface area (Å²) >= 11 is 0. The molecule has 0 atom stereocenters. The van der Waals surface area contributed by atoms with Crippen LogP contribution in [0.15, 0.2) is 78.9 Å². The van der Waals surface area contributed by atoms with Gasteiger partial charge in [-0.3, -0.25) is 0 Å². The molecule has 0 fully saturated rings. The summed E-state index contributed by atoms with van der Waals surface area (Å²) in [7, 11) is 8.21. The molecule has 0 amide bonds. The summed E-state index contributed by atoms with van der Waals surface area (Å²) in [4.78, 5) is 9.06. The molecule has 0 radical (unpaired) electrons. The van der Waals surface area contributed by atoms with Crippen molar-refractivity contribution in [2.75, 3.05) is 38.0 Å². The van der Waals surface area contributed by atoms with Crippen LogP contribution in [0.25, 0.3) is 35.2 Å². The molecule has 0 saturated carbocycles. The fourth-order valence-electron chi connectivity index (χ4n) is 3.58. The summed E-state index contributed by atoms with van der Waals surface area (Å²) in [6.07, 6.45) is 8.54. The highest BCUT2D eigenvalue weighted by atomic mass is 15.1. The van der Waals surface area contributed by atoms with Crippen LogP contribution in [0.4, 0.5) is 11.4 Å². The smallest absolute Gasteiger partial charge is 0.0715 e. The van der Waals surface area contributed by atoms with Crippen LogP contribution < -0.4 is 9.80 Å². The van der Waals surface area contributed by atoms with Crippen LogP contribution in [-0.4, -0.2) is 33.2 Å². The Labute approximate surface area is 191 Å². The average Bonchev–Trinajstić information content (AvgIpc) is 2.81. The van der Waals surface area contributed by atoms with E-state index in [9.17, 15) is 0 Å². The molecule has 0 saturated heterocycles. The van der Waals surface area contributed by atoms with E-state index in [1.807, 2.05) is 6.07 Å². The highest BCUT2D eigenvalue weighted by Gasteiger charge is 2.03. The second-order valence-electron chi connectivity index (χ2n) is 8.29. The molecule has 0 aliphatic rings. The molecule has 0 N–H and O–H groups in total.